The summed E-state index contributed by atoms with van der Waals surface area (Å²) in [6.07, 6.45) is 4.03. The van der Waals surface area contributed by atoms with Crippen LogP contribution in [0, 0.1) is 0 Å². The van der Waals surface area contributed by atoms with Gasteiger partial charge in [0.25, 0.3) is 0 Å². The van der Waals surface area contributed by atoms with E-state index in [1.807, 2.05) is 23.9 Å². The van der Waals surface area contributed by atoms with Gasteiger partial charge in [0, 0.05) is 18.7 Å². The first-order valence-electron chi connectivity index (χ1n) is 6.56. The van der Waals surface area contributed by atoms with Crippen LogP contribution in [0.25, 0.3) is 0 Å². The number of fused-ring (bicyclic) bond motifs is 1. The SMILES string of the molecule is C=CCNC(=O)CCCc1cccc2c1SCCO2. The molecule has 1 N–H and O–H groups in total. The van der Waals surface area contributed by atoms with E-state index in [1.165, 1.54) is 10.5 Å². The van der Waals surface area contributed by atoms with Crippen molar-refractivity contribution in [3.05, 3.63) is 36.4 Å². The average Bonchev–Trinajstić information content (AvgIpc) is 2.45. The molecule has 0 atom stereocenters. The lowest BCUT2D eigenvalue weighted by Gasteiger charge is -2.19. The molecule has 1 aliphatic rings. The van der Waals surface area contributed by atoms with Crippen molar-refractivity contribution in [3.8, 4) is 5.75 Å². The Bertz CT molecular complexity index is 459. The Hall–Kier alpha value is -1.42. The first kappa shape index (κ1) is 14.0. The summed E-state index contributed by atoms with van der Waals surface area (Å²) in [6.45, 7) is 4.91. The molecule has 1 aliphatic heterocycles. The van der Waals surface area contributed by atoms with E-state index >= 15 is 0 Å². The van der Waals surface area contributed by atoms with Crippen LogP contribution in [0.3, 0.4) is 0 Å². The van der Waals surface area contributed by atoms with E-state index in [-0.39, 0.29) is 5.91 Å². The van der Waals surface area contributed by atoms with Gasteiger partial charge in [-0.1, -0.05) is 18.2 Å². The number of carbonyl (C=O) groups is 1. The number of amides is 1. The van der Waals surface area contributed by atoms with Gasteiger partial charge >= 0.3 is 0 Å². The zero-order chi connectivity index (χ0) is 13.5. The summed E-state index contributed by atoms with van der Waals surface area (Å²) in [4.78, 5) is 12.7. The summed E-state index contributed by atoms with van der Waals surface area (Å²) in [5, 5.41) is 2.79. The topological polar surface area (TPSA) is 38.3 Å². The van der Waals surface area contributed by atoms with Gasteiger partial charge in [-0.05, 0) is 24.5 Å². The number of rotatable bonds is 6. The predicted octanol–water partition coefficient (Wildman–Crippen LogP) is 2.80. The third-order valence-electron chi connectivity index (χ3n) is 2.94. The van der Waals surface area contributed by atoms with Crippen molar-refractivity contribution in [1.82, 2.24) is 5.32 Å². The third kappa shape index (κ3) is 4.03. The second-order valence-electron chi connectivity index (χ2n) is 4.39. The minimum absolute atomic E-state index is 0.0913. The van der Waals surface area contributed by atoms with E-state index in [1.54, 1.807) is 6.08 Å². The second-order valence-corrected chi connectivity index (χ2v) is 5.49. The van der Waals surface area contributed by atoms with Gasteiger partial charge in [0.1, 0.15) is 5.75 Å². The Morgan fingerprint density at radius 2 is 2.42 bits per heavy atom. The number of carbonyl (C=O) groups excluding carboxylic acids is 1. The first-order valence-corrected chi connectivity index (χ1v) is 7.55. The lowest BCUT2D eigenvalue weighted by Crippen LogP contribution is -2.22. The largest absolute Gasteiger partial charge is 0.492 e. The number of aryl methyl sites for hydroxylation is 1. The number of thioether (sulfide) groups is 1. The van der Waals surface area contributed by atoms with E-state index in [0.29, 0.717) is 13.0 Å². The molecule has 19 heavy (non-hydrogen) atoms. The van der Waals surface area contributed by atoms with Crippen LogP contribution < -0.4 is 10.1 Å². The molecule has 0 radical (unpaired) electrons. The highest BCUT2D eigenvalue weighted by Gasteiger charge is 2.14. The molecule has 102 valence electrons. The van der Waals surface area contributed by atoms with E-state index in [2.05, 4.69) is 18.0 Å². The van der Waals surface area contributed by atoms with Crippen LogP contribution in [0.2, 0.25) is 0 Å². The molecule has 0 fully saturated rings. The molecule has 0 saturated heterocycles. The van der Waals surface area contributed by atoms with Crippen LogP contribution in [-0.4, -0.2) is 24.8 Å². The number of ether oxygens (including phenoxy) is 1. The molecule has 0 aliphatic carbocycles. The highest BCUT2D eigenvalue weighted by atomic mass is 32.2. The molecular weight excluding hydrogens is 258 g/mol. The molecule has 1 amide bonds. The minimum Gasteiger partial charge on any atom is -0.492 e. The zero-order valence-corrected chi connectivity index (χ0v) is 11.8. The molecule has 3 nitrogen and oxygen atoms in total. The minimum atomic E-state index is 0.0913. The van der Waals surface area contributed by atoms with Gasteiger partial charge in [0.05, 0.1) is 11.5 Å². The Kier molecular flexibility index (Phi) is 5.33. The molecule has 1 heterocycles. The maximum atomic E-state index is 11.5. The van der Waals surface area contributed by atoms with Gasteiger partial charge in [-0.3, -0.25) is 4.79 Å². The van der Waals surface area contributed by atoms with Crippen LogP contribution in [0.1, 0.15) is 18.4 Å². The van der Waals surface area contributed by atoms with Crippen LogP contribution in [0.5, 0.6) is 5.75 Å². The van der Waals surface area contributed by atoms with E-state index < -0.39 is 0 Å². The van der Waals surface area contributed by atoms with Crippen molar-refractivity contribution in [3.63, 3.8) is 0 Å². The second kappa shape index (κ2) is 7.24. The van der Waals surface area contributed by atoms with Gasteiger partial charge in [0.15, 0.2) is 0 Å². The monoisotopic (exact) mass is 277 g/mol. The molecule has 0 aromatic heterocycles. The van der Waals surface area contributed by atoms with Crippen LogP contribution in [0.4, 0.5) is 0 Å². The van der Waals surface area contributed by atoms with Crippen molar-refractivity contribution < 1.29 is 9.53 Å². The maximum absolute atomic E-state index is 11.5. The highest BCUT2D eigenvalue weighted by Crippen LogP contribution is 2.36. The number of hydrogen-bond acceptors (Lipinski definition) is 3. The third-order valence-corrected chi connectivity index (χ3v) is 4.06. The summed E-state index contributed by atoms with van der Waals surface area (Å²) in [6, 6.07) is 6.17. The van der Waals surface area contributed by atoms with Crippen molar-refractivity contribution in [1.29, 1.82) is 0 Å². The lowest BCUT2D eigenvalue weighted by molar-refractivity contribution is -0.120. The number of hydrogen-bond donors (Lipinski definition) is 1. The summed E-state index contributed by atoms with van der Waals surface area (Å²) < 4.78 is 5.63. The van der Waals surface area contributed by atoms with Gasteiger partial charge in [0.2, 0.25) is 5.91 Å². The maximum Gasteiger partial charge on any atom is 0.220 e. The smallest absolute Gasteiger partial charge is 0.220 e. The molecule has 0 bridgehead atoms. The standard InChI is InChI=1S/C15H19NO2S/c1-2-9-16-14(17)8-4-6-12-5-3-7-13-15(12)19-11-10-18-13/h2-3,5,7H,1,4,6,8-11H2,(H,16,17). The Morgan fingerprint density at radius 1 is 1.53 bits per heavy atom. The van der Waals surface area contributed by atoms with Gasteiger partial charge in [-0.15, -0.1) is 18.3 Å². The quantitative estimate of drug-likeness (QED) is 0.813. The molecule has 2 rings (SSSR count). The van der Waals surface area contributed by atoms with Gasteiger partial charge < -0.3 is 10.1 Å². The Labute approximate surface area is 118 Å². The summed E-state index contributed by atoms with van der Waals surface area (Å²) in [7, 11) is 0. The Balaban J connectivity index is 1.86. The molecule has 0 spiro atoms. The van der Waals surface area contributed by atoms with Crippen molar-refractivity contribution >= 4 is 17.7 Å². The lowest BCUT2D eigenvalue weighted by atomic mass is 10.1. The normalized spacial score (nSPS) is 13.3. The predicted molar refractivity (Wildman–Crippen MR) is 78.8 cm³/mol. The molecular formula is C15H19NO2S. The number of benzene rings is 1. The summed E-state index contributed by atoms with van der Waals surface area (Å²) >= 11 is 1.85. The molecule has 0 saturated carbocycles. The molecule has 4 heteroatoms. The van der Waals surface area contributed by atoms with Crippen molar-refractivity contribution in [2.75, 3.05) is 18.9 Å². The first-order chi connectivity index (χ1) is 9.31. The Morgan fingerprint density at radius 3 is 3.26 bits per heavy atom. The summed E-state index contributed by atoms with van der Waals surface area (Å²) in [5.41, 5.74) is 1.29. The van der Waals surface area contributed by atoms with Crippen molar-refractivity contribution in [2.45, 2.75) is 24.2 Å². The molecule has 0 unspecified atom stereocenters. The van der Waals surface area contributed by atoms with E-state index in [9.17, 15) is 4.79 Å². The zero-order valence-electron chi connectivity index (χ0n) is 11.0. The van der Waals surface area contributed by atoms with E-state index in [0.717, 1.165) is 31.0 Å². The van der Waals surface area contributed by atoms with Crippen molar-refractivity contribution in [2.24, 2.45) is 0 Å². The fraction of sp³-hybridized carbons (Fsp3) is 0.400. The van der Waals surface area contributed by atoms with Gasteiger partial charge in [-0.25, -0.2) is 0 Å². The van der Waals surface area contributed by atoms with Crippen LogP contribution in [-0.2, 0) is 11.2 Å². The molecule has 1 aromatic carbocycles. The van der Waals surface area contributed by atoms with Crippen LogP contribution in [0.15, 0.2) is 35.7 Å². The highest BCUT2D eigenvalue weighted by molar-refractivity contribution is 7.99. The number of nitrogens with one attached hydrogen (secondary N) is 1. The fourth-order valence-corrected chi connectivity index (χ4v) is 3.04. The molecule has 1 aromatic rings. The fourth-order valence-electron chi connectivity index (χ4n) is 2.04. The summed E-state index contributed by atoms with van der Waals surface area (Å²) in [5.74, 6) is 2.09. The average molecular weight is 277 g/mol. The van der Waals surface area contributed by atoms with E-state index in [4.69, 9.17) is 4.74 Å². The van der Waals surface area contributed by atoms with Crippen LogP contribution >= 0.6 is 11.8 Å². The van der Waals surface area contributed by atoms with Gasteiger partial charge in [-0.2, -0.15) is 0 Å².